The summed E-state index contributed by atoms with van der Waals surface area (Å²) < 4.78 is 41.5. The van der Waals surface area contributed by atoms with Gasteiger partial charge in [0.2, 0.25) is 0 Å². The maximum Gasteiger partial charge on any atom is 0.435 e. The number of benzene rings is 1. The molecule has 1 atom stereocenters. The number of aromatic nitrogens is 4. The van der Waals surface area contributed by atoms with Crippen molar-refractivity contribution >= 4 is 5.78 Å². The minimum atomic E-state index is -4.50. The first kappa shape index (κ1) is 20.4. The summed E-state index contributed by atoms with van der Waals surface area (Å²) in [6.07, 6.45) is 2.05. The Hall–Kier alpha value is -2.90. The van der Waals surface area contributed by atoms with E-state index in [1.807, 2.05) is 30.3 Å². The maximum atomic E-state index is 13.4. The van der Waals surface area contributed by atoms with Gasteiger partial charge in [-0.1, -0.05) is 30.3 Å². The quantitative estimate of drug-likeness (QED) is 0.617. The molecular formula is C22H23F3N4O. The molecule has 0 aliphatic heterocycles. The van der Waals surface area contributed by atoms with Crippen LogP contribution in [0.5, 0.6) is 0 Å². The van der Waals surface area contributed by atoms with Crippen molar-refractivity contribution in [3.8, 4) is 0 Å². The standard InChI is InChI=1S/C22H23F3N4O/c23-22(24,25)20-18-8-4-5-9-19(18)29(28-20)14-17(30)13-16(21-26-10-11-27-21)12-15-6-2-1-3-7-15/h1-3,6-7,10-11,16H,4-5,8-9,12-14H2,(H,26,27)/t16-/m1/s1. The van der Waals surface area contributed by atoms with Gasteiger partial charge in [-0.05, 0) is 37.7 Å². The fourth-order valence-corrected chi connectivity index (χ4v) is 4.20. The van der Waals surface area contributed by atoms with Crippen molar-refractivity contribution in [3.63, 3.8) is 0 Å². The van der Waals surface area contributed by atoms with Gasteiger partial charge in [0.05, 0.1) is 6.54 Å². The number of rotatable bonds is 7. The van der Waals surface area contributed by atoms with Crippen LogP contribution < -0.4 is 0 Å². The second-order valence-corrected chi connectivity index (χ2v) is 7.74. The number of ketones is 1. The zero-order chi connectivity index (χ0) is 21.1. The first-order valence-electron chi connectivity index (χ1n) is 10.1. The van der Waals surface area contributed by atoms with E-state index in [1.165, 1.54) is 4.68 Å². The van der Waals surface area contributed by atoms with Gasteiger partial charge in [0.1, 0.15) is 5.82 Å². The molecule has 8 heteroatoms. The number of nitrogens with zero attached hydrogens (tertiary/aromatic N) is 3. The molecule has 4 rings (SSSR count). The maximum absolute atomic E-state index is 13.4. The Bertz CT molecular complexity index is 994. The summed E-state index contributed by atoms with van der Waals surface area (Å²) in [7, 11) is 0. The number of imidazole rings is 1. The Morgan fingerprint density at radius 2 is 1.93 bits per heavy atom. The van der Waals surface area contributed by atoms with E-state index in [9.17, 15) is 18.0 Å². The molecule has 0 unspecified atom stereocenters. The van der Waals surface area contributed by atoms with E-state index >= 15 is 0 Å². The van der Waals surface area contributed by atoms with E-state index in [-0.39, 0.29) is 30.2 Å². The average molecular weight is 416 g/mol. The zero-order valence-electron chi connectivity index (χ0n) is 16.5. The van der Waals surface area contributed by atoms with Crippen molar-refractivity contribution in [3.05, 3.63) is 71.1 Å². The molecule has 1 aromatic carbocycles. The number of fused-ring (bicyclic) bond motifs is 1. The Balaban J connectivity index is 1.53. The molecule has 158 valence electrons. The summed E-state index contributed by atoms with van der Waals surface area (Å²) >= 11 is 0. The van der Waals surface area contributed by atoms with E-state index in [2.05, 4.69) is 15.1 Å². The van der Waals surface area contributed by atoms with Gasteiger partial charge in [-0.15, -0.1) is 0 Å². The second kappa shape index (κ2) is 8.45. The normalized spacial score (nSPS) is 15.0. The number of alkyl halides is 3. The molecule has 0 bridgehead atoms. The van der Waals surface area contributed by atoms with Crippen molar-refractivity contribution in [1.82, 2.24) is 19.7 Å². The highest BCUT2D eigenvalue weighted by Gasteiger charge is 2.39. The van der Waals surface area contributed by atoms with Gasteiger partial charge < -0.3 is 4.98 Å². The number of carbonyl (C=O) groups is 1. The van der Waals surface area contributed by atoms with Crippen LogP contribution in [0.2, 0.25) is 0 Å². The van der Waals surface area contributed by atoms with Crippen LogP contribution in [0.15, 0.2) is 42.7 Å². The highest BCUT2D eigenvalue weighted by Crippen LogP contribution is 2.36. The first-order valence-corrected chi connectivity index (χ1v) is 10.1. The molecule has 1 aliphatic rings. The third-order valence-corrected chi connectivity index (χ3v) is 5.56. The van der Waals surface area contributed by atoms with E-state index in [0.717, 1.165) is 12.0 Å². The van der Waals surface area contributed by atoms with Gasteiger partial charge in [-0.25, -0.2) is 4.98 Å². The lowest BCUT2D eigenvalue weighted by atomic mass is 9.93. The van der Waals surface area contributed by atoms with Gasteiger partial charge in [-0.2, -0.15) is 18.3 Å². The first-order chi connectivity index (χ1) is 14.4. The average Bonchev–Trinajstić information content (AvgIpc) is 3.37. The largest absolute Gasteiger partial charge is 0.435 e. The molecule has 0 saturated heterocycles. The lowest BCUT2D eigenvalue weighted by Gasteiger charge is -2.16. The van der Waals surface area contributed by atoms with Crippen LogP contribution in [-0.2, 0) is 36.8 Å². The Morgan fingerprint density at radius 3 is 2.63 bits per heavy atom. The van der Waals surface area contributed by atoms with E-state index in [1.54, 1.807) is 12.4 Å². The number of hydrogen-bond acceptors (Lipinski definition) is 3. The molecule has 0 saturated carbocycles. The molecule has 3 aromatic rings. The van der Waals surface area contributed by atoms with Crippen molar-refractivity contribution < 1.29 is 18.0 Å². The zero-order valence-corrected chi connectivity index (χ0v) is 16.5. The molecule has 30 heavy (non-hydrogen) atoms. The monoisotopic (exact) mass is 416 g/mol. The third-order valence-electron chi connectivity index (χ3n) is 5.56. The predicted octanol–water partition coefficient (Wildman–Crippen LogP) is 4.49. The fourth-order valence-electron chi connectivity index (χ4n) is 4.20. The number of hydrogen-bond donors (Lipinski definition) is 1. The van der Waals surface area contributed by atoms with Crippen molar-refractivity contribution in [2.24, 2.45) is 0 Å². The summed E-state index contributed by atoms with van der Waals surface area (Å²) in [6, 6.07) is 9.77. The van der Waals surface area contributed by atoms with Crippen LogP contribution in [0.4, 0.5) is 13.2 Å². The molecule has 5 nitrogen and oxygen atoms in total. The molecular weight excluding hydrogens is 393 g/mol. The lowest BCUT2D eigenvalue weighted by molar-refractivity contribution is -0.142. The summed E-state index contributed by atoms with van der Waals surface area (Å²) in [5, 5.41) is 3.80. The number of nitrogens with one attached hydrogen (secondary N) is 1. The molecule has 1 aliphatic carbocycles. The van der Waals surface area contributed by atoms with E-state index in [0.29, 0.717) is 37.2 Å². The van der Waals surface area contributed by atoms with Gasteiger partial charge >= 0.3 is 6.18 Å². The number of carbonyl (C=O) groups excluding carboxylic acids is 1. The van der Waals surface area contributed by atoms with Crippen LogP contribution in [0.25, 0.3) is 0 Å². The van der Waals surface area contributed by atoms with Crippen molar-refractivity contribution in [1.29, 1.82) is 0 Å². The molecule has 0 amide bonds. The molecule has 2 heterocycles. The SMILES string of the molecule is O=C(C[C@@H](Cc1ccccc1)c1ncc[nH]1)Cn1nc(C(F)(F)F)c2c1CCCC2. The molecule has 0 spiro atoms. The van der Waals surface area contributed by atoms with Crippen LogP contribution in [-0.4, -0.2) is 25.5 Å². The summed E-state index contributed by atoms with van der Waals surface area (Å²) in [6.45, 7) is -0.148. The third kappa shape index (κ3) is 4.47. The second-order valence-electron chi connectivity index (χ2n) is 7.74. The van der Waals surface area contributed by atoms with E-state index in [4.69, 9.17) is 0 Å². The van der Waals surface area contributed by atoms with Crippen molar-refractivity contribution in [2.75, 3.05) is 0 Å². The smallest absolute Gasteiger partial charge is 0.348 e. The van der Waals surface area contributed by atoms with Crippen LogP contribution in [0.3, 0.4) is 0 Å². The van der Waals surface area contributed by atoms with Gasteiger partial charge in [0, 0.05) is 36.0 Å². The minimum Gasteiger partial charge on any atom is -0.348 e. The fraction of sp³-hybridized carbons (Fsp3) is 0.409. The van der Waals surface area contributed by atoms with Gasteiger partial charge in [-0.3, -0.25) is 9.48 Å². The summed E-state index contributed by atoms with van der Waals surface area (Å²) in [5.41, 5.74) is 1.05. The predicted molar refractivity (Wildman–Crippen MR) is 105 cm³/mol. The van der Waals surface area contributed by atoms with Gasteiger partial charge in [0.15, 0.2) is 11.5 Å². The number of aromatic amines is 1. The van der Waals surface area contributed by atoms with Crippen LogP contribution in [0.1, 0.15) is 53.5 Å². The Morgan fingerprint density at radius 1 is 1.17 bits per heavy atom. The summed E-state index contributed by atoms with van der Waals surface area (Å²) in [5.74, 6) is 0.367. The molecule has 0 fully saturated rings. The highest BCUT2D eigenvalue weighted by atomic mass is 19.4. The highest BCUT2D eigenvalue weighted by molar-refractivity contribution is 5.79. The van der Waals surface area contributed by atoms with E-state index < -0.39 is 11.9 Å². The van der Waals surface area contributed by atoms with Gasteiger partial charge in [0.25, 0.3) is 0 Å². The molecule has 0 radical (unpaired) electrons. The van der Waals surface area contributed by atoms with Crippen LogP contribution >= 0.6 is 0 Å². The van der Waals surface area contributed by atoms with Crippen LogP contribution in [0, 0.1) is 0 Å². The Kier molecular flexibility index (Phi) is 5.74. The number of H-pyrrole nitrogens is 1. The van der Waals surface area contributed by atoms with Crippen molar-refractivity contribution in [2.45, 2.75) is 57.2 Å². The number of halogens is 3. The summed E-state index contributed by atoms with van der Waals surface area (Å²) in [4.78, 5) is 20.2. The molecule has 2 aromatic heterocycles. The lowest BCUT2D eigenvalue weighted by Crippen LogP contribution is -2.19. The Labute approximate surface area is 172 Å². The topological polar surface area (TPSA) is 63.6 Å². The minimum absolute atomic E-state index is 0.148. The number of Topliss-reactive ketones (excluding diaryl/α,β-unsaturated/α-hetero) is 1. The molecule has 1 N–H and O–H groups in total.